The van der Waals surface area contributed by atoms with Gasteiger partial charge in [-0.1, -0.05) is 43.5 Å². The van der Waals surface area contributed by atoms with Crippen LogP contribution in [0.2, 0.25) is 0 Å². The third-order valence-electron chi connectivity index (χ3n) is 9.28. The van der Waals surface area contributed by atoms with Gasteiger partial charge in [-0.05, 0) is 74.6 Å². The van der Waals surface area contributed by atoms with Crippen LogP contribution in [0.15, 0.2) is 54.6 Å². The van der Waals surface area contributed by atoms with Gasteiger partial charge in [-0.3, -0.25) is 0 Å². The number of likely N-dealkylation sites (tertiary alicyclic amines) is 2. The summed E-state index contributed by atoms with van der Waals surface area (Å²) in [5, 5.41) is 2.82. The lowest BCUT2D eigenvalue weighted by molar-refractivity contribution is 0.0523. The standard InChI is InChI=1S/C35H47N3O7/c39-32(36-21-8-1-2-9-26-42-33(40)38-24-19-35(20-25-38)17-6-7-18-35)44-29-15-22-37(23-16-29)34(41)45-31-14-10-13-30(27-31)43-28-11-4-3-5-12-28/h3-5,10-14,27,29H,1-2,6-9,15-26H2,(H,36,39). The topological polar surface area (TPSA) is 107 Å². The van der Waals surface area contributed by atoms with Crippen molar-refractivity contribution >= 4 is 18.3 Å². The number of unbranched alkanes of at least 4 members (excludes halogenated alkanes) is 3. The van der Waals surface area contributed by atoms with Crippen molar-refractivity contribution in [2.45, 2.75) is 83.2 Å². The zero-order valence-corrected chi connectivity index (χ0v) is 26.3. The van der Waals surface area contributed by atoms with Crippen molar-refractivity contribution in [2.75, 3.05) is 39.3 Å². The van der Waals surface area contributed by atoms with Gasteiger partial charge in [-0.25, -0.2) is 14.4 Å². The minimum atomic E-state index is -0.437. The zero-order chi connectivity index (χ0) is 31.3. The van der Waals surface area contributed by atoms with Crippen LogP contribution in [0, 0.1) is 5.41 Å². The molecule has 0 atom stereocenters. The monoisotopic (exact) mass is 621 g/mol. The largest absolute Gasteiger partial charge is 0.457 e. The van der Waals surface area contributed by atoms with E-state index in [-0.39, 0.29) is 12.2 Å². The van der Waals surface area contributed by atoms with E-state index in [9.17, 15) is 14.4 Å². The normalized spacial score (nSPS) is 18.0. The molecule has 3 amide bonds. The summed E-state index contributed by atoms with van der Waals surface area (Å²) in [6.07, 6.45) is 10.9. The number of nitrogens with zero attached hydrogens (tertiary/aromatic N) is 2. The van der Waals surface area contributed by atoms with Crippen LogP contribution in [0.3, 0.4) is 0 Å². The highest BCUT2D eigenvalue weighted by Gasteiger charge is 2.38. The van der Waals surface area contributed by atoms with E-state index in [2.05, 4.69) is 5.32 Å². The summed E-state index contributed by atoms with van der Waals surface area (Å²) >= 11 is 0. The molecule has 10 heteroatoms. The smallest absolute Gasteiger partial charge is 0.415 e. The molecule has 244 valence electrons. The predicted octanol–water partition coefficient (Wildman–Crippen LogP) is 7.52. The first-order valence-corrected chi connectivity index (χ1v) is 16.6. The van der Waals surface area contributed by atoms with E-state index < -0.39 is 12.2 Å². The molecular weight excluding hydrogens is 574 g/mol. The van der Waals surface area contributed by atoms with Crippen LogP contribution in [0.25, 0.3) is 0 Å². The van der Waals surface area contributed by atoms with Gasteiger partial charge in [0.05, 0.1) is 6.61 Å². The quantitative estimate of drug-likeness (QED) is 0.259. The summed E-state index contributed by atoms with van der Waals surface area (Å²) in [5.74, 6) is 1.68. The lowest BCUT2D eigenvalue weighted by Crippen LogP contribution is -2.43. The molecule has 2 aromatic rings. The Balaban J connectivity index is 0.873. The number of carbonyl (C=O) groups is 3. The highest BCUT2D eigenvalue weighted by molar-refractivity contribution is 5.71. The fourth-order valence-corrected chi connectivity index (χ4v) is 6.55. The van der Waals surface area contributed by atoms with Crippen molar-refractivity contribution in [3.8, 4) is 17.2 Å². The molecule has 0 aromatic heterocycles. The Kier molecular flexibility index (Phi) is 11.8. The van der Waals surface area contributed by atoms with Crippen LogP contribution in [0.4, 0.5) is 14.4 Å². The predicted molar refractivity (Wildman–Crippen MR) is 170 cm³/mol. The molecule has 1 N–H and O–H groups in total. The number of nitrogens with one attached hydrogen (secondary N) is 1. The second-order valence-electron chi connectivity index (χ2n) is 12.5. The number of alkyl carbamates (subject to hydrolysis) is 1. The van der Waals surface area contributed by atoms with Crippen molar-refractivity contribution in [1.29, 1.82) is 0 Å². The van der Waals surface area contributed by atoms with Gasteiger partial charge in [-0.15, -0.1) is 0 Å². The molecule has 2 heterocycles. The van der Waals surface area contributed by atoms with Gasteiger partial charge in [0.1, 0.15) is 23.4 Å². The van der Waals surface area contributed by atoms with Gasteiger partial charge in [0, 0.05) is 51.6 Å². The number of hydrogen-bond acceptors (Lipinski definition) is 7. The molecule has 3 fully saturated rings. The second kappa shape index (κ2) is 16.4. The van der Waals surface area contributed by atoms with E-state index in [1.165, 1.54) is 25.7 Å². The average Bonchev–Trinajstić information content (AvgIpc) is 3.51. The minimum Gasteiger partial charge on any atom is -0.457 e. The van der Waals surface area contributed by atoms with E-state index >= 15 is 0 Å². The Morgan fingerprint density at radius 3 is 2.16 bits per heavy atom. The Hall–Kier alpha value is -3.95. The van der Waals surface area contributed by atoms with E-state index in [1.54, 1.807) is 29.2 Å². The Labute approximate surface area is 266 Å². The van der Waals surface area contributed by atoms with Gasteiger partial charge >= 0.3 is 18.3 Å². The molecule has 0 bridgehead atoms. The first kappa shape index (κ1) is 32.4. The number of hydrogen-bond donors (Lipinski definition) is 1. The second-order valence-corrected chi connectivity index (χ2v) is 12.5. The Morgan fingerprint density at radius 2 is 1.40 bits per heavy atom. The number of carbonyl (C=O) groups excluding carboxylic acids is 3. The fourth-order valence-electron chi connectivity index (χ4n) is 6.55. The fraction of sp³-hybridized carbons (Fsp3) is 0.571. The third-order valence-corrected chi connectivity index (χ3v) is 9.28. The van der Waals surface area contributed by atoms with Gasteiger partial charge in [0.25, 0.3) is 0 Å². The molecule has 45 heavy (non-hydrogen) atoms. The van der Waals surface area contributed by atoms with Crippen LogP contribution in [-0.4, -0.2) is 73.5 Å². The third kappa shape index (κ3) is 10.0. The van der Waals surface area contributed by atoms with E-state index in [0.29, 0.717) is 61.7 Å². The molecule has 1 saturated carbocycles. The van der Waals surface area contributed by atoms with E-state index in [1.807, 2.05) is 35.2 Å². The lowest BCUT2D eigenvalue weighted by Gasteiger charge is -2.38. The Morgan fingerprint density at radius 1 is 0.733 bits per heavy atom. The number of rotatable bonds is 11. The number of para-hydroxylation sites is 1. The van der Waals surface area contributed by atoms with Crippen molar-refractivity contribution in [3.05, 3.63) is 54.6 Å². The van der Waals surface area contributed by atoms with Crippen molar-refractivity contribution < 1.29 is 33.3 Å². The maximum atomic E-state index is 12.7. The first-order chi connectivity index (χ1) is 22.0. The van der Waals surface area contributed by atoms with Gasteiger partial charge < -0.3 is 34.1 Å². The molecular formula is C35H47N3O7. The molecule has 0 radical (unpaired) electrons. The van der Waals surface area contributed by atoms with Gasteiger partial charge in [-0.2, -0.15) is 0 Å². The average molecular weight is 622 g/mol. The summed E-state index contributed by atoms with van der Waals surface area (Å²) in [7, 11) is 0. The molecule has 0 unspecified atom stereocenters. The summed E-state index contributed by atoms with van der Waals surface area (Å²) in [5.41, 5.74) is 0.499. The molecule has 1 spiro atoms. The molecule has 5 rings (SSSR count). The maximum Gasteiger partial charge on any atom is 0.415 e. The number of benzene rings is 2. The van der Waals surface area contributed by atoms with Crippen molar-refractivity contribution in [2.24, 2.45) is 5.41 Å². The number of piperidine rings is 2. The first-order valence-electron chi connectivity index (χ1n) is 16.6. The van der Waals surface area contributed by atoms with Crippen LogP contribution in [-0.2, 0) is 9.47 Å². The van der Waals surface area contributed by atoms with Crippen molar-refractivity contribution in [1.82, 2.24) is 15.1 Å². The van der Waals surface area contributed by atoms with E-state index in [4.69, 9.17) is 18.9 Å². The maximum absolute atomic E-state index is 12.7. The van der Waals surface area contributed by atoms with Gasteiger partial charge in [0.15, 0.2) is 0 Å². The highest BCUT2D eigenvalue weighted by Crippen LogP contribution is 2.46. The Bertz CT molecular complexity index is 1230. The molecule has 2 aromatic carbocycles. The van der Waals surface area contributed by atoms with Crippen LogP contribution in [0.1, 0.15) is 77.0 Å². The lowest BCUT2D eigenvalue weighted by atomic mass is 9.77. The SMILES string of the molecule is O=C(NCCCCCCOC(=O)N1CCC2(CCCC2)CC1)OC1CCN(C(=O)Oc2cccc(Oc3ccccc3)c2)CC1. The van der Waals surface area contributed by atoms with Crippen molar-refractivity contribution in [3.63, 3.8) is 0 Å². The van der Waals surface area contributed by atoms with Crippen LogP contribution >= 0.6 is 0 Å². The molecule has 1 aliphatic carbocycles. The molecule has 3 aliphatic rings. The summed E-state index contributed by atoms with van der Waals surface area (Å²) in [6, 6.07) is 16.4. The van der Waals surface area contributed by atoms with Gasteiger partial charge in [0.2, 0.25) is 0 Å². The molecule has 2 saturated heterocycles. The summed E-state index contributed by atoms with van der Waals surface area (Å²) in [6.45, 7) is 3.52. The van der Waals surface area contributed by atoms with Crippen LogP contribution in [0.5, 0.6) is 17.2 Å². The zero-order valence-electron chi connectivity index (χ0n) is 26.3. The summed E-state index contributed by atoms with van der Waals surface area (Å²) < 4.78 is 22.4. The van der Waals surface area contributed by atoms with E-state index in [0.717, 1.165) is 51.6 Å². The highest BCUT2D eigenvalue weighted by atomic mass is 16.6. The number of ether oxygens (including phenoxy) is 4. The molecule has 2 aliphatic heterocycles. The molecule has 10 nitrogen and oxygen atoms in total. The number of amides is 3. The minimum absolute atomic E-state index is 0.172. The van der Waals surface area contributed by atoms with Crippen LogP contribution < -0.4 is 14.8 Å². The summed E-state index contributed by atoms with van der Waals surface area (Å²) in [4.78, 5) is 40.8.